The number of benzene rings is 3. The average Bonchev–Trinajstić information content (AvgIpc) is 3.46. The highest BCUT2D eigenvalue weighted by Crippen LogP contribution is 2.43. The number of ether oxygens (including phenoxy) is 1. The van der Waals surface area contributed by atoms with Gasteiger partial charge in [0, 0.05) is 29.1 Å². The Morgan fingerprint density at radius 2 is 1.68 bits per heavy atom. The van der Waals surface area contributed by atoms with Gasteiger partial charge in [0.15, 0.2) is 0 Å². The third kappa shape index (κ3) is 4.91. The molecule has 0 aliphatic carbocycles. The second-order valence-electron chi connectivity index (χ2n) is 8.96. The van der Waals surface area contributed by atoms with Crippen LogP contribution in [0.4, 0.5) is 11.4 Å². The van der Waals surface area contributed by atoms with Gasteiger partial charge in [0.1, 0.15) is 11.5 Å². The van der Waals surface area contributed by atoms with Gasteiger partial charge in [-0.25, -0.2) is 0 Å². The molecule has 0 N–H and O–H groups in total. The maximum absolute atomic E-state index is 14.0. The highest BCUT2D eigenvalue weighted by atomic mass is 16.5. The number of para-hydroxylation sites is 2. The number of rotatable bonds is 6. The van der Waals surface area contributed by atoms with Gasteiger partial charge >= 0.3 is 0 Å². The van der Waals surface area contributed by atoms with Gasteiger partial charge in [-0.05, 0) is 79.6 Å². The fraction of sp³-hybridized carbons (Fsp3) is 0.161. The first-order valence-electron chi connectivity index (χ1n) is 12.2. The third-order valence-corrected chi connectivity index (χ3v) is 6.63. The molecule has 0 spiro atoms. The van der Waals surface area contributed by atoms with Gasteiger partial charge < -0.3 is 19.0 Å². The molecule has 6 heteroatoms. The molecule has 0 fully saturated rings. The lowest BCUT2D eigenvalue weighted by atomic mass is 9.89. The molecule has 1 aliphatic heterocycles. The van der Waals surface area contributed by atoms with Crippen molar-refractivity contribution in [1.82, 2.24) is 0 Å². The number of hydrogen-bond donors (Lipinski definition) is 0. The van der Waals surface area contributed by atoms with Crippen LogP contribution in [0.25, 0.3) is 6.08 Å². The molecule has 2 amide bonds. The summed E-state index contributed by atoms with van der Waals surface area (Å²) in [4.78, 5) is 31.0. The summed E-state index contributed by atoms with van der Waals surface area (Å²) in [6.07, 6.45) is 5.36. The smallest absolute Gasteiger partial charge is 0.258 e. The minimum Gasteiger partial charge on any atom is -0.497 e. The van der Waals surface area contributed by atoms with Crippen molar-refractivity contribution in [2.24, 2.45) is 0 Å². The zero-order chi connectivity index (χ0) is 25.8. The van der Waals surface area contributed by atoms with Gasteiger partial charge in [-0.1, -0.05) is 36.4 Å². The van der Waals surface area contributed by atoms with Crippen molar-refractivity contribution in [3.05, 3.63) is 120 Å². The summed E-state index contributed by atoms with van der Waals surface area (Å²) in [7, 11) is 1.60. The normalized spacial score (nSPS) is 16.9. The molecule has 4 aromatic rings. The standard InChI is InChI=1S/C31H28N2O4/c1-22-21-29(27-12-6-7-13-28(27)32(22)30(34)19-18-26-11-8-20-37-26)33(24-9-4-3-5-10-24)31(35)23-14-16-25(36-2)17-15-23/h3-20,22,29H,21H2,1-2H3/b19-18+. The minimum atomic E-state index is -0.263. The second-order valence-corrected chi connectivity index (χ2v) is 8.96. The van der Waals surface area contributed by atoms with Gasteiger partial charge in [-0.3, -0.25) is 9.59 Å². The van der Waals surface area contributed by atoms with Crippen LogP contribution in [-0.2, 0) is 4.79 Å². The Kier molecular flexibility index (Phi) is 6.90. The molecule has 2 atom stereocenters. The topological polar surface area (TPSA) is 63.0 Å². The van der Waals surface area contributed by atoms with Crippen LogP contribution >= 0.6 is 0 Å². The van der Waals surface area contributed by atoms with Gasteiger partial charge in [-0.15, -0.1) is 0 Å². The predicted octanol–water partition coefficient (Wildman–Crippen LogP) is 6.51. The van der Waals surface area contributed by atoms with E-state index in [9.17, 15) is 9.59 Å². The van der Waals surface area contributed by atoms with E-state index in [1.54, 1.807) is 60.7 Å². The molecule has 1 aromatic heterocycles. The fourth-order valence-electron chi connectivity index (χ4n) is 4.88. The Balaban J connectivity index is 1.54. The molecule has 2 unspecified atom stereocenters. The van der Waals surface area contributed by atoms with Gasteiger partial charge in [-0.2, -0.15) is 0 Å². The Bertz CT molecular complexity index is 1390. The van der Waals surface area contributed by atoms with E-state index >= 15 is 0 Å². The lowest BCUT2D eigenvalue weighted by Crippen LogP contribution is -2.47. The molecule has 2 heterocycles. The number of carbonyl (C=O) groups is 2. The molecule has 5 rings (SSSR count). The predicted molar refractivity (Wildman–Crippen MR) is 145 cm³/mol. The van der Waals surface area contributed by atoms with E-state index in [0.29, 0.717) is 23.5 Å². The van der Waals surface area contributed by atoms with Crippen molar-refractivity contribution in [2.75, 3.05) is 16.9 Å². The second kappa shape index (κ2) is 10.6. The quantitative estimate of drug-likeness (QED) is 0.288. The number of anilines is 2. The maximum atomic E-state index is 14.0. The number of furan rings is 1. The van der Waals surface area contributed by atoms with Crippen LogP contribution in [0.5, 0.6) is 5.75 Å². The summed E-state index contributed by atoms with van der Waals surface area (Å²) in [5.41, 5.74) is 3.08. The molecule has 3 aromatic carbocycles. The summed E-state index contributed by atoms with van der Waals surface area (Å²) >= 11 is 0. The zero-order valence-electron chi connectivity index (χ0n) is 20.8. The molecular weight excluding hydrogens is 464 g/mol. The van der Waals surface area contributed by atoms with E-state index in [0.717, 1.165) is 16.9 Å². The van der Waals surface area contributed by atoms with Crippen molar-refractivity contribution >= 4 is 29.3 Å². The van der Waals surface area contributed by atoms with E-state index in [1.165, 1.54) is 6.08 Å². The van der Waals surface area contributed by atoms with Crippen molar-refractivity contribution in [2.45, 2.75) is 25.4 Å². The largest absolute Gasteiger partial charge is 0.497 e. The summed E-state index contributed by atoms with van der Waals surface area (Å²) in [6, 6.07) is 27.8. The Morgan fingerprint density at radius 3 is 2.38 bits per heavy atom. The van der Waals surface area contributed by atoms with Crippen LogP contribution in [0.3, 0.4) is 0 Å². The molecule has 0 saturated carbocycles. The highest BCUT2D eigenvalue weighted by molar-refractivity contribution is 6.08. The summed E-state index contributed by atoms with van der Waals surface area (Å²) in [6.45, 7) is 2.02. The van der Waals surface area contributed by atoms with Crippen molar-refractivity contribution in [3.8, 4) is 5.75 Å². The number of fused-ring (bicyclic) bond motifs is 1. The summed E-state index contributed by atoms with van der Waals surface area (Å²) in [5.74, 6) is 1.06. The Labute approximate surface area is 216 Å². The van der Waals surface area contributed by atoms with Crippen LogP contribution in [0.15, 0.2) is 108 Å². The van der Waals surface area contributed by atoms with Crippen molar-refractivity contribution in [1.29, 1.82) is 0 Å². The number of amides is 2. The van der Waals surface area contributed by atoms with E-state index < -0.39 is 0 Å². The van der Waals surface area contributed by atoms with Crippen molar-refractivity contribution < 1.29 is 18.7 Å². The summed E-state index contributed by atoms with van der Waals surface area (Å²) < 4.78 is 10.6. The first-order valence-corrected chi connectivity index (χ1v) is 12.2. The van der Waals surface area contributed by atoms with E-state index in [1.807, 2.05) is 66.4 Å². The maximum Gasteiger partial charge on any atom is 0.258 e. The number of carbonyl (C=O) groups excluding carboxylic acids is 2. The molecule has 6 nitrogen and oxygen atoms in total. The fourth-order valence-corrected chi connectivity index (χ4v) is 4.88. The molecule has 37 heavy (non-hydrogen) atoms. The van der Waals surface area contributed by atoms with Gasteiger partial charge in [0.05, 0.1) is 19.4 Å². The van der Waals surface area contributed by atoms with E-state index in [-0.39, 0.29) is 23.9 Å². The molecule has 186 valence electrons. The molecule has 1 aliphatic rings. The van der Waals surface area contributed by atoms with Crippen LogP contribution in [0.1, 0.15) is 41.1 Å². The Hall–Kier alpha value is -4.58. The van der Waals surface area contributed by atoms with Gasteiger partial charge in [0.25, 0.3) is 11.8 Å². The monoisotopic (exact) mass is 492 g/mol. The molecule has 0 radical (unpaired) electrons. The van der Waals surface area contributed by atoms with Crippen LogP contribution in [-0.4, -0.2) is 25.0 Å². The lowest BCUT2D eigenvalue weighted by Gasteiger charge is -2.43. The third-order valence-electron chi connectivity index (χ3n) is 6.63. The van der Waals surface area contributed by atoms with E-state index in [4.69, 9.17) is 9.15 Å². The molecule has 0 bridgehead atoms. The SMILES string of the molecule is COc1ccc(C(=O)N(c2ccccc2)C2CC(C)N(C(=O)/C=C/c3ccco3)c3ccccc32)cc1. The van der Waals surface area contributed by atoms with Crippen molar-refractivity contribution in [3.63, 3.8) is 0 Å². The molecular formula is C31H28N2O4. The number of hydrogen-bond acceptors (Lipinski definition) is 4. The highest BCUT2D eigenvalue weighted by Gasteiger charge is 2.38. The van der Waals surface area contributed by atoms with Gasteiger partial charge in [0.2, 0.25) is 0 Å². The average molecular weight is 493 g/mol. The van der Waals surface area contributed by atoms with Crippen LogP contribution in [0, 0.1) is 0 Å². The van der Waals surface area contributed by atoms with Crippen LogP contribution in [0.2, 0.25) is 0 Å². The number of nitrogens with zero attached hydrogens (tertiary/aromatic N) is 2. The Morgan fingerprint density at radius 1 is 0.946 bits per heavy atom. The summed E-state index contributed by atoms with van der Waals surface area (Å²) in [5, 5.41) is 0. The molecule has 0 saturated heterocycles. The first-order chi connectivity index (χ1) is 18.1. The minimum absolute atomic E-state index is 0.113. The van der Waals surface area contributed by atoms with Crippen LogP contribution < -0.4 is 14.5 Å². The zero-order valence-corrected chi connectivity index (χ0v) is 20.8. The lowest BCUT2D eigenvalue weighted by molar-refractivity contribution is -0.114. The first kappa shape index (κ1) is 24.1. The number of methoxy groups -OCH3 is 1. The van der Waals surface area contributed by atoms with E-state index in [2.05, 4.69) is 0 Å².